The molecule has 1 unspecified atom stereocenters. The molecule has 3 aromatic carbocycles. The minimum atomic E-state index is -4.47. The van der Waals surface area contributed by atoms with Crippen molar-refractivity contribution >= 4 is 5.97 Å². The summed E-state index contributed by atoms with van der Waals surface area (Å²) in [6, 6.07) is 14.7. The minimum absolute atomic E-state index is 0.0307. The molecule has 0 heterocycles. The minimum Gasteiger partial charge on any atom is -0.469 e. The van der Waals surface area contributed by atoms with Crippen LogP contribution in [0.25, 0.3) is 11.1 Å². The van der Waals surface area contributed by atoms with E-state index in [1.807, 2.05) is 0 Å². The Balaban J connectivity index is 2.07. The van der Waals surface area contributed by atoms with E-state index in [1.54, 1.807) is 18.2 Å². The maximum atomic E-state index is 13.2. The number of esters is 1. The van der Waals surface area contributed by atoms with Crippen LogP contribution in [0.2, 0.25) is 0 Å². The summed E-state index contributed by atoms with van der Waals surface area (Å²) in [5.41, 5.74) is 1.51. The fraction of sp³-hybridized carbons (Fsp3) is 0.174. The van der Waals surface area contributed by atoms with Gasteiger partial charge >= 0.3 is 12.1 Å². The zero-order valence-corrected chi connectivity index (χ0v) is 15.9. The first-order chi connectivity index (χ1) is 14.2. The molecule has 0 saturated heterocycles. The fourth-order valence-electron chi connectivity index (χ4n) is 3.10. The standard InChI is InChI=1S/C23H18F4O3/c1-30-21(28)13-14-2-11-19(22(29)16-5-9-18(24)10-6-16)20(12-14)15-3-7-17(8-4-15)23(25,26)27/h2-12,22,29H,13H2,1H3. The third-order valence-electron chi connectivity index (χ3n) is 4.70. The molecule has 7 heteroatoms. The second-order valence-corrected chi connectivity index (χ2v) is 6.70. The molecule has 0 radical (unpaired) electrons. The van der Waals surface area contributed by atoms with Gasteiger partial charge in [-0.2, -0.15) is 13.2 Å². The van der Waals surface area contributed by atoms with E-state index in [-0.39, 0.29) is 6.42 Å². The first kappa shape index (κ1) is 21.5. The maximum Gasteiger partial charge on any atom is 0.416 e. The molecule has 0 aliphatic rings. The number of aliphatic hydroxyl groups is 1. The lowest BCUT2D eigenvalue weighted by Gasteiger charge is -2.18. The van der Waals surface area contributed by atoms with Crippen molar-refractivity contribution in [3.63, 3.8) is 0 Å². The predicted molar refractivity (Wildman–Crippen MR) is 103 cm³/mol. The topological polar surface area (TPSA) is 46.5 Å². The van der Waals surface area contributed by atoms with Crippen LogP contribution < -0.4 is 0 Å². The van der Waals surface area contributed by atoms with Gasteiger partial charge in [-0.25, -0.2) is 4.39 Å². The second kappa shape index (κ2) is 8.67. The Hall–Kier alpha value is -3.19. The van der Waals surface area contributed by atoms with Crippen molar-refractivity contribution in [2.24, 2.45) is 0 Å². The molecular formula is C23H18F4O3. The monoisotopic (exact) mass is 418 g/mol. The lowest BCUT2D eigenvalue weighted by molar-refractivity contribution is -0.140. The number of hydrogen-bond donors (Lipinski definition) is 1. The van der Waals surface area contributed by atoms with Crippen LogP contribution in [0, 0.1) is 5.82 Å². The van der Waals surface area contributed by atoms with Crippen LogP contribution in [0.15, 0.2) is 66.7 Å². The van der Waals surface area contributed by atoms with Gasteiger partial charge in [0.25, 0.3) is 0 Å². The third-order valence-corrected chi connectivity index (χ3v) is 4.70. The summed E-state index contributed by atoms with van der Waals surface area (Å²) in [7, 11) is 1.26. The SMILES string of the molecule is COC(=O)Cc1ccc(C(O)c2ccc(F)cc2)c(-c2ccc(C(F)(F)F)cc2)c1. The Labute approximate surface area is 170 Å². The summed E-state index contributed by atoms with van der Waals surface area (Å²) in [6.07, 6.45) is -5.64. The van der Waals surface area contributed by atoms with Crippen molar-refractivity contribution in [1.29, 1.82) is 0 Å². The van der Waals surface area contributed by atoms with E-state index in [1.165, 1.54) is 43.5 Å². The van der Waals surface area contributed by atoms with Gasteiger partial charge in [0.1, 0.15) is 11.9 Å². The van der Waals surface area contributed by atoms with E-state index in [0.29, 0.717) is 27.8 Å². The number of rotatable bonds is 5. The molecular weight excluding hydrogens is 400 g/mol. The van der Waals surface area contributed by atoms with Gasteiger partial charge in [0, 0.05) is 0 Å². The smallest absolute Gasteiger partial charge is 0.416 e. The van der Waals surface area contributed by atoms with E-state index >= 15 is 0 Å². The Morgan fingerprint density at radius 1 is 1.00 bits per heavy atom. The van der Waals surface area contributed by atoms with Gasteiger partial charge < -0.3 is 9.84 Å². The lowest BCUT2D eigenvalue weighted by atomic mass is 9.90. The van der Waals surface area contributed by atoms with Crippen LogP contribution in [0.5, 0.6) is 0 Å². The molecule has 0 bridgehead atoms. The summed E-state index contributed by atoms with van der Waals surface area (Å²) >= 11 is 0. The Morgan fingerprint density at radius 2 is 1.63 bits per heavy atom. The second-order valence-electron chi connectivity index (χ2n) is 6.70. The molecule has 1 atom stereocenters. The first-order valence-electron chi connectivity index (χ1n) is 9.00. The molecule has 0 aliphatic heterocycles. The number of hydrogen-bond acceptors (Lipinski definition) is 3. The fourth-order valence-corrected chi connectivity index (χ4v) is 3.10. The summed E-state index contributed by atoms with van der Waals surface area (Å²) in [6.45, 7) is 0. The molecule has 0 amide bonds. The van der Waals surface area contributed by atoms with Crippen molar-refractivity contribution in [3.05, 3.63) is 94.8 Å². The molecule has 0 aliphatic carbocycles. The third kappa shape index (κ3) is 4.86. The highest BCUT2D eigenvalue weighted by atomic mass is 19.4. The van der Waals surface area contributed by atoms with Crippen molar-refractivity contribution in [1.82, 2.24) is 0 Å². The molecule has 3 rings (SSSR count). The van der Waals surface area contributed by atoms with Gasteiger partial charge in [-0.3, -0.25) is 4.79 Å². The van der Waals surface area contributed by atoms with Crippen LogP contribution in [0.4, 0.5) is 17.6 Å². The molecule has 156 valence electrons. The molecule has 3 nitrogen and oxygen atoms in total. The molecule has 0 aromatic heterocycles. The van der Waals surface area contributed by atoms with E-state index in [2.05, 4.69) is 4.74 Å². The number of carbonyl (C=O) groups excluding carboxylic acids is 1. The quantitative estimate of drug-likeness (QED) is 0.451. The normalized spacial score (nSPS) is 12.5. The van der Waals surface area contributed by atoms with E-state index < -0.39 is 29.6 Å². The highest BCUT2D eigenvalue weighted by molar-refractivity contribution is 5.75. The Bertz CT molecular complexity index is 1030. The number of carbonyl (C=O) groups is 1. The zero-order valence-electron chi connectivity index (χ0n) is 15.9. The molecule has 3 aromatic rings. The summed E-state index contributed by atoms with van der Waals surface area (Å²) < 4.78 is 56.6. The summed E-state index contributed by atoms with van der Waals surface area (Å²) in [4.78, 5) is 11.6. The maximum absolute atomic E-state index is 13.2. The Morgan fingerprint density at radius 3 is 2.20 bits per heavy atom. The number of ether oxygens (including phenoxy) is 1. The number of halogens is 4. The average Bonchev–Trinajstić information content (AvgIpc) is 2.73. The van der Waals surface area contributed by atoms with Crippen molar-refractivity contribution in [3.8, 4) is 11.1 Å². The van der Waals surface area contributed by atoms with Gasteiger partial charge in [0.15, 0.2) is 0 Å². The van der Waals surface area contributed by atoms with Crippen LogP contribution >= 0.6 is 0 Å². The van der Waals surface area contributed by atoms with E-state index in [0.717, 1.165) is 12.1 Å². The van der Waals surface area contributed by atoms with Gasteiger partial charge in [0.05, 0.1) is 19.1 Å². The molecule has 0 fully saturated rings. The van der Waals surface area contributed by atoms with Crippen molar-refractivity contribution in [2.75, 3.05) is 7.11 Å². The largest absolute Gasteiger partial charge is 0.469 e. The van der Waals surface area contributed by atoms with Crippen molar-refractivity contribution < 1.29 is 32.2 Å². The van der Waals surface area contributed by atoms with Crippen LogP contribution in [-0.2, 0) is 22.1 Å². The molecule has 0 saturated carbocycles. The predicted octanol–water partition coefficient (Wildman–Crippen LogP) is 5.31. The zero-order chi connectivity index (χ0) is 21.9. The number of benzene rings is 3. The highest BCUT2D eigenvalue weighted by Gasteiger charge is 2.30. The molecule has 0 spiro atoms. The lowest BCUT2D eigenvalue weighted by Crippen LogP contribution is -2.07. The van der Waals surface area contributed by atoms with E-state index in [4.69, 9.17) is 0 Å². The average molecular weight is 418 g/mol. The van der Waals surface area contributed by atoms with Gasteiger partial charge in [-0.05, 0) is 52.1 Å². The first-order valence-corrected chi connectivity index (χ1v) is 9.00. The Kier molecular flexibility index (Phi) is 6.22. The number of aliphatic hydroxyl groups excluding tert-OH is 1. The van der Waals surface area contributed by atoms with Gasteiger partial charge in [-0.15, -0.1) is 0 Å². The van der Waals surface area contributed by atoms with Gasteiger partial charge in [0.2, 0.25) is 0 Å². The van der Waals surface area contributed by atoms with Crippen LogP contribution in [0.1, 0.15) is 28.4 Å². The number of methoxy groups -OCH3 is 1. The highest BCUT2D eigenvalue weighted by Crippen LogP contribution is 2.35. The van der Waals surface area contributed by atoms with Crippen LogP contribution in [-0.4, -0.2) is 18.2 Å². The van der Waals surface area contributed by atoms with Crippen molar-refractivity contribution in [2.45, 2.75) is 18.7 Å². The van der Waals surface area contributed by atoms with E-state index in [9.17, 15) is 27.5 Å². The van der Waals surface area contributed by atoms with Gasteiger partial charge in [-0.1, -0.05) is 42.5 Å². The number of alkyl halides is 3. The molecule has 30 heavy (non-hydrogen) atoms. The molecule has 1 N–H and O–H groups in total. The summed E-state index contributed by atoms with van der Waals surface area (Å²) in [5, 5.41) is 10.8. The summed E-state index contributed by atoms with van der Waals surface area (Å²) in [5.74, 6) is -0.928. The van der Waals surface area contributed by atoms with Crippen LogP contribution in [0.3, 0.4) is 0 Å².